The van der Waals surface area contributed by atoms with Crippen molar-refractivity contribution in [3.05, 3.63) is 0 Å². The SMILES string of the molecule is CC1CCC(CNC(=O)NC(C)CCCC(=O)O)C1. The molecule has 3 atom stereocenters. The molecule has 1 aliphatic rings. The number of carbonyl (C=O) groups is 2. The summed E-state index contributed by atoms with van der Waals surface area (Å²) in [5.74, 6) is 0.611. The number of urea groups is 1. The van der Waals surface area contributed by atoms with Gasteiger partial charge >= 0.3 is 12.0 Å². The van der Waals surface area contributed by atoms with E-state index in [0.717, 1.165) is 12.5 Å². The van der Waals surface area contributed by atoms with Crippen molar-refractivity contribution in [1.29, 1.82) is 0 Å². The summed E-state index contributed by atoms with van der Waals surface area (Å²) in [6.45, 7) is 4.90. The molecule has 1 aliphatic carbocycles. The van der Waals surface area contributed by atoms with Crippen LogP contribution in [-0.4, -0.2) is 29.7 Å². The lowest BCUT2D eigenvalue weighted by molar-refractivity contribution is -0.137. The second-order valence-electron chi connectivity index (χ2n) is 5.83. The smallest absolute Gasteiger partial charge is 0.315 e. The van der Waals surface area contributed by atoms with Crippen molar-refractivity contribution in [3.8, 4) is 0 Å². The van der Waals surface area contributed by atoms with E-state index in [-0.39, 0.29) is 18.5 Å². The van der Waals surface area contributed by atoms with E-state index in [1.54, 1.807) is 0 Å². The van der Waals surface area contributed by atoms with Gasteiger partial charge < -0.3 is 15.7 Å². The zero-order chi connectivity index (χ0) is 14.3. The van der Waals surface area contributed by atoms with Gasteiger partial charge in [-0.1, -0.05) is 13.3 Å². The third kappa shape index (κ3) is 7.03. The molecule has 0 spiro atoms. The van der Waals surface area contributed by atoms with E-state index >= 15 is 0 Å². The van der Waals surface area contributed by atoms with E-state index in [0.29, 0.717) is 18.8 Å². The molecule has 0 aliphatic heterocycles. The van der Waals surface area contributed by atoms with Crippen molar-refractivity contribution in [2.75, 3.05) is 6.54 Å². The first kappa shape index (κ1) is 15.8. The second-order valence-corrected chi connectivity index (χ2v) is 5.83. The predicted molar refractivity (Wildman–Crippen MR) is 74.0 cm³/mol. The van der Waals surface area contributed by atoms with Gasteiger partial charge in [0.1, 0.15) is 0 Å². The highest BCUT2D eigenvalue weighted by molar-refractivity contribution is 5.74. The first-order valence-electron chi connectivity index (χ1n) is 7.23. The lowest BCUT2D eigenvalue weighted by Gasteiger charge is -2.16. The van der Waals surface area contributed by atoms with Gasteiger partial charge in [0, 0.05) is 19.0 Å². The monoisotopic (exact) mass is 270 g/mol. The van der Waals surface area contributed by atoms with E-state index in [1.807, 2.05) is 6.92 Å². The summed E-state index contributed by atoms with van der Waals surface area (Å²) in [5.41, 5.74) is 0. The van der Waals surface area contributed by atoms with Crippen LogP contribution in [0.15, 0.2) is 0 Å². The number of carboxylic acid groups (broad SMARTS) is 1. The van der Waals surface area contributed by atoms with Gasteiger partial charge in [-0.15, -0.1) is 0 Å². The van der Waals surface area contributed by atoms with Crippen LogP contribution >= 0.6 is 0 Å². The van der Waals surface area contributed by atoms with Crippen LogP contribution in [0.5, 0.6) is 0 Å². The minimum Gasteiger partial charge on any atom is -0.481 e. The largest absolute Gasteiger partial charge is 0.481 e. The molecule has 0 aromatic heterocycles. The Bertz CT molecular complexity index is 307. The Morgan fingerprint density at radius 1 is 1.37 bits per heavy atom. The summed E-state index contributed by atoms with van der Waals surface area (Å²) < 4.78 is 0. The third-order valence-electron chi connectivity index (χ3n) is 3.76. The van der Waals surface area contributed by atoms with E-state index < -0.39 is 5.97 Å². The van der Waals surface area contributed by atoms with Gasteiger partial charge in [0.25, 0.3) is 0 Å². The fourth-order valence-corrected chi connectivity index (χ4v) is 2.65. The van der Waals surface area contributed by atoms with Gasteiger partial charge in [0.2, 0.25) is 0 Å². The van der Waals surface area contributed by atoms with E-state index in [2.05, 4.69) is 17.6 Å². The molecule has 0 aromatic carbocycles. The molecule has 110 valence electrons. The number of aliphatic carboxylic acids is 1. The Balaban J connectivity index is 2.07. The topological polar surface area (TPSA) is 78.4 Å². The summed E-state index contributed by atoms with van der Waals surface area (Å²) in [4.78, 5) is 22.0. The lowest BCUT2D eigenvalue weighted by Crippen LogP contribution is -2.42. The van der Waals surface area contributed by atoms with Crippen LogP contribution in [0.4, 0.5) is 4.79 Å². The maximum atomic E-state index is 11.7. The molecule has 1 fully saturated rings. The Morgan fingerprint density at radius 2 is 2.11 bits per heavy atom. The van der Waals surface area contributed by atoms with E-state index in [1.165, 1.54) is 19.3 Å². The van der Waals surface area contributed by atoms with Crippen molar-refractivity contribution < 1.29 is 14.7 Å². The normalized spacial score (nSPS) is 23.9. The second kappa shape index (κ2) is 8.02. The van der Waals surface area contributed by atoms with Crippen LogP contribution in [0.25, 0.3) is 0 Å². The maximum Gasteiger partial charge on any atom is 0.315 e. The molecule has 2 amide bonds. The molecule has 19 heavy (non-hydrogen) atoms. The number of carboxylic acids is 1. The summed E-state index contributed by atoms with van der Waals surface area (Å²) in [6.07, 6.45) is 5.12. The summed E-state index contributed by atoms with van der Waals surface area (Å²) >= 11 is 0. The molecular weight excluding hydrogens is 244 g/mol. The first-order valence-corrected chi connectivity index (χ1v) is 7.23. The molecule has 0 aromatic rings. The van der Waals surface area contributed by atoms with Gasteiger partial charge in [-0.25, -0.2) is 4.79 Å². The highest BCUT2D eigenvalue weighted by atomic mass is 16.4. The Labute approximate surface area is 115 Å². The Hall–Kier alpha value is -1.26. The number of amides is 2. The van der Waals surface area contributed by atoms with Crippen LogP contribution in [0.3, 0.4) is 0 Å². The van der Waals surface area contributed by atoms with Gasteiger partial charge in [-0.3, -0.25) is 4.79 Å². The van der Waals surface area contributed by atoms with E-state index in [4.69, 9.17) is 5.11 Å². The van der Waals surface area contributed by atoms with Crippen molar-refractivity contribution >= 4 is 12.0 Å². The summed E-state index contributed by atoms with van der Waals surface area (Å²) in [5, 5.41) is 14.3. The van der Waals surface area contributed by atoms with Gasteiger partial charge in [0.15, 0.2) is 0 Å². The summed E-state index contributed by atoms with van der Waals surface area (Å²) in [7, 11) is 0. The average Bonchev–Trinajstić information content (AvgIpc) is 2.72. The zero-order valence-electron chi connectivity index (χ0n) is 11.9. The number of carbonyl (C=O) groups excluding carboxylic acids is 1. The molecule has 3 unspecified atom stereocenters. The lowest BCUT2D eigenvalue weighted by atomic mass is 10.1. The van der Waals surface area contributed by atoms with Gasteiger partial charge in [-0.05, 0) is 44.4 Å². The fraction of sp³-hybridized carbons (Fsp3) is 0.857. The molecule has 0 heterocycles. The van der Waals surface area contributed by atoms with Crippen LogP contribution in [0.1, 0.15) is 52.4 Å². The van der Waals surface area contributed by atoms with Crippen LogP contribution in [0, 0.1) is 11.8 Å². The number of hydrogen-bond donors (Lipinski definition) is 3. The van der Waals surface area contributed by atoms with Crippen LogP contribution < -0.4 is 10.6 Å². The third-order valence-corrected chi connectivity index (χ3v) is 3.76. The van der Waals surface area contributed by atoms with E-state index in [9.17, 15) is 9.59 Å². The first-order chi connectivity index (χ1) is 8.97. The van der Waals surface area contributed by atoms with Crippen LogP contribution in [0.2, 0.25) is 0 Å². The minimum absolute atomic E-state index is 0.0156. The van der Waals surface area contributed by atoms with Crippen molar-refractivity contribution in [1.82, 2.24) is 10.6 Å². The maximum absolute atomic E-state index is 11.7. The predicted octanol–water partition coefficient (Wildman–Crippen LogP) is 2.37. The Morgan fingerprint density at radius 3 is 2.68 bits per heavy atom. The molecule has 5 heteroatoms. The van der Waals surface area contributed by atoms with Crippen molar-refractivity contribution in [2.24, 2.45) is 11.8 Å². The molecule has 5 nitrogen and oxygen atoms in total. The van der Waals surface area contributed by atoms with Gasteiger partial charge in [0.05, 0.1) is 0 Å². The van der Waals surface area contributed by atoms with Crippen molar-refractivity contribution in [3.63, 3.8) is 0 Å². The highest BCUT2D eigenvalue weighted by Crippen LogP contribution is 2.29. The molecule has 1 saturated carbocycles. The number of hydrogen-bond acceptors (Lipinski definition) is 2. The molecule has 0 saturated heterocycles. The number of nitrogens with one attached hydrogen (secondary N) is 2. The molecule has 3 N–H and O–H groups in total. The van der Waals surface area contributed by atoms with Crippen LogP contribution in [-0.2, 0) is 4.79 Å². The zero-order valence-corrected chi connectivity index (χ0v) is 11.9. The Kier molecular flexibility index (Phi) is 6.67. The fourth-order valence-electron chi connectivity index (χ4n) is 2.65. The molecular formula is C14H26N2O3. The average molecular weight is 270 g/mol. The number of rotatable bonds is 7. The molecule has 1 rings (SSSR count). The summed E-state index contributed by atoms with van der Waals surface area (Å²) in [6, 6.07) is -0.121. The minimum atomic E-state index is -0.785. The molecule has 0 bridgehead atoms. The quantitative estimate of drug-likeness (QED) is 0.664. The van der Waals surface area contributed by atoms with Crippen molar-refractivity contribution in [2.45, 2.75) is 58.4 Å². The van der Waals surface area contributed by atoms with Gasteiger partial charge in [-0.2, -0.15) is 0 Å². The molecule has 0 radical (unpaired) electrons. The standard InChI is InChI=1S/C14H26N2O3/c1-10-6-7-12(8-10)9-15-14(19)16-11(2)4-3-5-13(17)18/h10-12H,3-9H2,1-2H3,(H,17,18)(H2,15,16,19). The highest BCUT2D eigenvalue weighted by Gasteiger charge is 2.21.